The number of alkyl halides is 1. The Labute approximate surface area is 139 Å². The normalized spacial score (nSPS) is 11.2. The maximum Gasteiger partial charge on any atom is 0.306 e. The first-order valence-corrected chi connectivity index (χ1v) is 9.67. The molecule has 0 radical (unpaired) electrons. The van der Waals surface area contributed by atoms with Crippen LogP contribution in [0.1, 0.15) is 11.1 Å². The molecule has 0 aliphatic heterocycles. The fraction of sp³-hybridized carbons (Fsp3) is 0.250. The van der Waals surface area contributed by atoms with Crippen LogP contribution in [0.2, 0.25) is 0 Å². The molecule has 6 heteroatoms. The van der Waals surface area contributed by atoms with Gasteiger partial charge in [0.05, 0.1) is 6.26 Å². The molecule has 4 nitrogen and oxygen atoms in total. The van der Waals surface area contributed by atoms with Gasteiger partial charge in [-0.15, -0.1) is 0 Å². The molecule has 0 aliphatic carbocycles. The molecule has 0 unspecified atom stereocenters. The Kier molecular flexibility index (Phi) is 5.85. The van der Waals surface area contributed by atoms with Crippen molar-refractivity contribution < 1.29 is 17.3 Å². The van der Waals surface area contributed by atoms with Gasteiger partial charge in [-0.25, -0.2) is 0 Å². The highest BCUT2D eigenvalue weighted by atomic mass is 79.9. The molecule has 0 saturated heterocycles. The van der Waals surface area contributed by atoms with Gasteiger partial charge in [0.1, 0.15) is 18.1 Å². The van der Waals surface area contributed by atoms with E-state index in [0.717, 1.165) is 22.7 Å². The number of halogens is 1. The van der Waals surface area contributed by atoms with Crippen LogP contribution in [-0.2, 0) is 23.1 Å². The predicted octanol–water partition coefficient (Wildman–Crippen LogP) is 3.54. The lowest BCUT2D eigenvalue weighted by molar-refractivity contribution is 0.305. The SMILES string of the molecule is CS(=O)(=O)Oc1cc(OCc2ccccc2)ccc1CCBr. The molecule has 22 heavy (non-hydrogen) atoms. The van der Waals surface area contributed by atoms with Crippen LogP contribution < -0.4 is 8.92 Å². The van der Waals surface area contributed by atoms with Gasteiger partial charge in [-0.3, -0.25) is 0 Å². The molecular weight excluding hydrogens is 368 g/mol. The first-order chi connectivity index (χ1) is 10.5. The van der Waals surface area contributed by atoms with Crippen molar-refractivity contribution in [3.8, 4) is 11.5 Å². The zero-order chi connectivity index (χ0) is 16.0. The van der Waals surface area contributed by atoms with Gasteiger partial charge in [-0.2, -0.15) is 8.42 Å². The molecule has 0 bridgehead atoms. The Morgan fingerprint density at radius 2 is 1.82 bits per heavy atom. The lowest BCUT2D eigenvalue weighted by Gasteiger charge is -2.12. The van der Waals surface area contributed by atoms with Gasteiger partial charge in [0, 0.05) is 11.4 Å². The highest BCUT2D eigenvalue weighted by Gasteiger charge is 2.11. The van der Waals surface area contributed by atoms with E-state index in [1.807, 2.05) is 42.5 Å². The number of hydrogen-bond donors (Lipinski definition) is 0. The summed E-state index contributed by atoms with van der Waals surface area (Å²) < 4.78 is 33.5. The van der Waals surface area contributed by atoms with E-state index < -0.39 is 10.1 Å². The lowest BCUT2D eigenvalue weighted by Crippen LogP contribution is -2.08. The van der Waals surface area contributed by atoms with E-state index in [-0.39, 0.29) is 0 Å². The highest BCUT2D eigenvalue weighted by molar-refractivity contribution is 9.09. The third kappa shape index (κ3) is 5.35. The Bertz CT molecular complexity index is 714. The smallest absolute Gasteiger partial charge is 0.306 e. The fourth-order valence-electron chi connectivity index (χ4n) is 1.91. The Morgan fingerprint density at radius 3 is 2.45 bits per heavy atom. The molecule has 0 spiro atoms. The highest BCUT2D eigenvalue weighted by Crippen LogP contribution is 2.27. The van der Waals surface area contributed by atoms with Gasteiger partial charge in [-0.05, 0) is 23.6 Å². The first kappa shape index (κ1) is 16.8. The van der Waals surface area contributed by atoms with Crippen molar-refractivity contribution in [2.24, 2.45) is 0 Å². The number of benzene rings is 2. The summed E-state index contributed by atoms with van der Waals surface area (Å²) in [4.78, 5) is 0. The van der Waals surface area contributed by atoms with Crippen LogP contribution in [0, 0.1) is 0 Å². The second-order valence-electron chi connectivity index (χ2n) is 4.77. The molecule has 0 aromatic heterocycles. The van der Waals surface area contributed by atoms with Gasteiger partial charge in [0.15, 0.2) is 0 Å². The number of hydrogen-bond acceptors (Lipinski definition) is 4. The summed E-state index contributed by atoms with van der Waals surface area (Å²) in [5.41, 5.74) is 1.85. The molecule has 0 atom stereocenters. The molecule has 0 heterocycles. The quantitative estimate of drug-likeness (QED) is 0.541. The van der Waals surface area contributed by atoms with E-state index >= 15 is 0 Å². The molecule has 2 aromatic rings. The standard InChI is InChI=1S/C16H17BrO4S/c1-22(18,19)21-16-11-15(8-7-14(16)9-10-17)20-12-13-5-3-2-4-6-13/h2-8,11H,9-10,12H2,1H3. The minimum Gasteiger partial charge on any atom is -0.489 e. The lowest BCUT2D eigenvalue weighted by atomic mass is 10.1. The largest absolute Gasteiger partial charge is 0.489 e. The van der Waals surface area contributed by atoms with Crippen molar-refractivity contribution in [1.82, 2.24) is 0 Å². The number of aryl methyl sites for hydroxylation is 1. The Balaban J connectivity index is 2.16. The number of ether oxygens (including phenoxy) is 1. The Hall–Kier alpha value is -1.53. The van der Waals surface area contributed by atoms with Gasteiger partial charge in [0.2, 0.25) is 0 Å². The van der Waals surface area contributed by atoms with Crippen LogP contribution in [0.3, 0.4) is 0 Å². The summed E-state index contributed by atoms with van der Waals surface area (Å²) in [7, 11) is -3.57. The van der Waals surface area contributed by atoms with Gasteiger partial charge < -0.3 is 8.92 Å². The van der Waals surface area contributed by atoms with Gasteiger partial charge in [-0.1, -0.05) is 52.3 Å². The molecule has 118 valence electrons. The molecule has 0 amide bonds. The molecular formula is C16H17BrO4S. The van der Waals surface area contributed by atoms with Crippen molar-refractivity contribution in [2.75, 3.05) is 11.6 Å². The second kappa shape index (κ2) is 7.65. The molecule has 0 aliphatic rings. The Morgan fingerprint density at radius 1 is 1.09 bits per heavy atom. The summed E-state index contributed by atoms with van der Waals surface area (Å²) in [6, 6.07) is 15.0. The van der Waals surface area contributed by atoms with Crippen LogP contribution in [-0.4, -0.2) is 20.0 Å². The van der Waals surface area contributed by atoms with E-state index in [9.17, 15) is 8.42 Å². The zero-order valence-corrected chi connectivity index (χ0v) is 14.6. The summed E-state index contributed by atoms with van der Waals surface area (Å²) in [5, 5.41) is 0.720. The maximum atomic E-state index is 11.4. The van der Waals surface area contributed by atoms with Crippen LogP contribution in [0.5, 0.6) is 11.5 Å². The van der Waals surface area contributed by atoms with Crippen molar-refractivity contribution >= 4 is 26.0 Å². The second-order valence-corrected chi connectivity index (χ2v) is 7.14. The third-order valence-corrected chi connectivity index (χ3v) is 3.77. The van der Waals surface area contributed by atoms with Crippen LogP contribution in [0.15, 0.2) is 48.5 Å². The van der Waals surface area contributed by atoms with Crippen LogP contribution in [0.4, 0.5) is 0 Å². The average molecular weight is 385 g/mol. The van der Waals surface area contributed by atoms with Crippen LogP contribution >= 0.6 is 15.9 Å². The van der Waals surface area contributed by atoms with Gasteiger partial charge >= 0.3 is 10.1 Å². The van der Waals surface area contributed by atoms with Crippen LogP contribution in [0.25, 0.3) is 0 Å². The van der Waals surface area contributed by atoms with E-state index in [0.29, 0.717) is 24.5 Å². The fourth-order valence-corrected chi connectivity index (χ4v) is 2.82. The van der Waals surface area contributed by atoms with E-state index in [2.05, 4.69) is 15.9 Å². The summed E-state index contributed by atoms with van der Waals surface area (Å²) >= 11 is 3.34. The van der Waals surface area contributed by atoms with E-state index in [1.165, 1.54) is 0 Å². The molecule has 0 N–H and O–H groups in total. The average Bonchev–Trinajstić information content (AvgIpc) is 2.47. The predicted molar refractivity (Wildman–Crippen MR) is 90.2 cm³/mol. The zero-order valence-electron chi connectivity index (χ0n) is 12.2. The molecule has 0 fully saturated rings. The number of rotatable bonds is 7. The topological polar surface area (TPSA) is 52.6 Å². The third-order valence-electron chi connectivity index (χ3n) is 2.89. The first-order valence-electron chi connectivity index (χ1n) is 6.73. The monoisotopic (exact) mass is 384 g/mol. The van der Waals surface area contributed by atoms with Crippen molar-refractivity contribution in [1.29, 1.82) is 0 Å². The van der Waals surface area contributed by atoms with Crippen molar-refractivity contribution in [2.45, 2.75) is 13.0 Å². The summed E-state index contributed by atoms with van der Waals surface area (Å²) in [6.07, 6.45) is 1.70. The maximum absolute atomic E-state index is 11.4. The van der Waals surface area contributed by atoms with Gasteiger partial charge in [0.25, 0.3) is 0 Å². The molecule has 2 aromatic carbocycles. The van der Waals surface area contributed by atoms with E-state index in [4.69, 9.17) is 8.92 Å². The minimum atomic E-state index is -3.57. The van der Waals surface area contributed by atoms with E-state index in [1.54, 1.807) is 6.07 Å². The summed E-state index contributed by atoms with van der Waals surface area (Å²) in [5.74, 6) is 0.883. The minimum absolute atomic E-state index is 0.313. The van der Waals surface area contributed by atoms with Crippen molar-refractivity contribution in [3.63, 3.8) is 0 Å². The van der Waals surface area contributed by atoms with Crippen molar-refractivity contribution in [3.05, 3.63) is 59.7 Å². The summed E-state index contributed by atoms with van der Waals surface area (Å²) in [6.45, 7) is 0.414. The molecule has 0 saturated carbocycles. The molecule has 2 rings (SSSR count).